The second-order valence-corrected chi connectivity index (χ2v) is 6.58. The van der Waals surface area contributed by atoms with Crippen LogP contribution in [0.2, 0.25) is 0 Å². The summed E-state index contributed by atoms with van der Waals surface area (Å²) in [7, 11) is 0. The number of carboxylic acids is 1. The smallest absolute Gasteiger partial charge is 0.309 e. The number of rotatable bonds is 5. The third-order valence-electron chi connectivity index (χ3n) is 3.99. The van der Waals surface area contributed by atoms with Gasteiger partial charge in [-0.1, -0.05) is 0 Å². The van der Waals surface area contributed by atoms with Crippen molar-refractivity contribution in [2.24, 2.45) is 5.41 Å². The Bertz CT molecular complexity index is 950. The first-order chi connectivity index (χ1) is 12.3. The number of aliphatic carboxylic acids is 1. The number of aromatic amines is 1. The fourth-order valence-electron chi connectivity index (χ4n) is 2.52. The number of anilines is 1. The lowest BCUT2D eigenvalue weighted by Gasteiger charge is -2.16. The predicted molar refractivity (Wildman–Crippen MR) is 94.5 cm³/mol. The molecule has 0 spiro atoms. The lowest BCUT2D eigenvalue weighted by Crippen LogP contribution is -2.26. The van der Waals surface area contributed by atoms with Crippen molar-refractivity contribution in [2.45, 2.75) is 20.3 Å². The molecule has 0 radical (unpaired) electrons. The summed E-state index contributed by atoms with van der Waals surface area (Å²) < 4.78 is 13.3. The molecule has 0 unspecified atom stereocenters. The molecule has 0 atom stereocenters. The third-order valence-corrected chi connectivity index (χ3v) is 3.99. The van der Waals surface area contributed by atoms with Gasteiger partial charge in [0, 0.05) is 18.2 Å². The van der Waals surface area contributed by atoms with Gasteiger partial charge in [0.2, 0.25) is 5.95 Å². The monoisotopic (exact) mass is 355 g/mol. The van der Waals surface area contributed by atoms with Crippen molar-refractivity contribution in [1.82, 2.24) is 19.9 Å². The number of carbonyl (C=O) groups is 1. The van der Waals surface area contributed by atoms with Gasteiger partial charge in [0.15, 0.2) is 0 Å². The van der Waals surface area contributed by atoms with Crippen molar-refractivity contribution in [1.29, 1.82) is 0 Å². The van der Waals surface area contributed by atoms with Gasteiger partial charge in [-0.25, -0.2) is 19.3 Å². The second kappa shape index (κ2) is 6.55. The zero-order chi connectivity index (χ0) is 18.9. The van der Waals surface area contributed by atoms with E-state index in [1.165, 1.54) is 18.3 Å². The second-order valence-electron chi connectivity index (χ2n) is 6.58. The van der Waals surface area contributed by atoms with Gasteiger partial charge in [0.25, 0.3) is 0 Å². The van der Waals surface area contributed by atoms with Crippen LogP contribution in [-0.2, 0) is 11.2 Å². The quantitative estimate of drug-likeness (QED) is 0.648. The molecule has 0 fully saturated rings. The third kappa shape index (κ3) is 3.53. The predicted octanol–water partition coefficient (Wildman–Crippen LogP) is 2.91. The van der Waals surface area contributed by atoms with Crippen LogP contribution in [0.4, 0.5) is 10.3 Å². The van der Waals surface area contributed by atoms with E-state index < -0.39 is 11.4 Å². The van der Waals surface area contributed by atoms with Crippen molar-refractivity contribution in [3.63, 3.8) is 0 Å². The van der Waals surface area contributed by atoms with Gasteiger partial charge in [-0.15, -0.1) is 0 Å². The Kier molecular flexibility index (Phi) is 4.41. The molecule has 26 heavy (non-hydrogen) atoms. The van der Waals surface area contributed by atoms with E-state index in [9.17, 15) is 14.3 Å². The summed E-state index contributed by atoms with van der Waals surface area (Å²) in [5.74, 6) is -0.687. The summed E-state index contributed by atoms with van der Waals surface area (Å²) in [5.41, 5.74) is 6.97. The number of halogens is 1. The lowest BCUT2D eigenvalue weighted by molar-refractivity contribution is -0.146. The minimum atomic E-state index is -1.00. The maximum atomic E-state index is 13.3. The topological polar surface area (TPSA) is 118 Å². The maximum absolute atomic E-state index is 13.3. The normalized spacial score (nSPS) is 11.5. The summed E-state index contributed by atoms with van der Waals surface area (Å²) in [6.45, 7) is 3.25. The van der Waals surface area contributed by atoms with E-state index in [1.54, 1.807) is 32.0 Å². The minimum absolute atomic E-state index is 0.106. The Morgan fingerprint density at radius 3 is 2.54 bits per heavy atom. The van der Waals surface area contributed by atoms with Gasteiger partial charge >= 0.3 is 5.97 Å². The van der Waals surface area contributed by atoms with E-state index in [1.807, 2.05) is 0 Å². The Hall–Kier alpha value is -3.29. The number of carboxylic acid groups (broad SMARTS) is 1. The van der Waals surface area contributed by atoms with Crippen LogP contribution in [0, 0.1) is 11.2 Å². The maximum Gasteiger partial charge on any atom is 0.309 e. The highest BCUT2D eigenvalue weighted by Crippen LogP contribution is 2.31. The number of H-pyrrole nitrogens is 1. The van der Waals surface area contributed by atoms with Crippen LogP contribution in [-0.4, -0.2) is 31.0 Å². The highest BCUT2D eigenvalue weighted by Gasteiger charge is 2.29. The van der Waals surface area contributed by atoms with Crippen molar-refractivity contribution < 1.29 is 14.3 Å². The van der Waals surface area contributed by atoms with Crippen LogP contribution in [0.25, 0.3) is 22.6 Å². The molecule has 134 valence electrons. The first-order valence-corrected chi connectivity index (χ1v) is 7.93. The first kappa shape index (κ1) is 17.5. The number of imidazole rings is 1. The fraction of sp³-hybridized carbons (Fsp3) is 0.222. The van der Waals surface area contributed by atoms with Crippen LogP contribution in [0.1, 0.15) is 19.7 Å². The highest BCUT2D eigenvalue weighted by molar-refractivity contribution is 5.77. The zero-order valence-corrected chi connectivity index (χ0v) is 14.3. The van der Waals surface area contributed by atoms with E-state index in [2.05, 4.69) is 19.9 Å². The molecule has 2 heterocycles. The Labute approximate surface area is 149 Å². The van der Waals surface area contributed by atoms with E-state index in [4.69, 9.17) is 5.73 Å². The van der Waals surface area contributed by atoms with Gasteiger partial charge in [-0.2, -0.15) is 0 Å². The first-order valence-electron chi connectivity index (χ1n) is 7.93. The number of nitrogens with one attached hydrogen (secondary N) is 1. The van der Waals surface area contributed by atoms with Gasteiger partial charge in [-0.3, -0.25) is 4.79 Å². The molecule has 0 aliphatic rings. The number of hydrogen-bond donors (Lipinski definition) is 3. The molecule has 4 N–H and O–H groups in total. The number of nitrogens with zero attached hydrogens (tertiary/aromatic N) is 3. The van der Waals surface area contributed by atoms with E-state index in [-0.39, 0.29) is 18.2 Å². The number of aromatic nitrogens is 4. The SMILES string of the molecule is CC(C)(Cc1nc(-c2ccc(F)cc2)c(-c2ccnc(N)n2)[nH]1)C(=O)O. The van der Waals surface area contributed by atoms with Crippen LogP contribution in [0.5, 0.6) is 0 Å². The standard InChI is InChI=1S/C18H18FN5O2/c1-18(2,16(25)26)9-13-23-14(10-3-5-11(19)6-4-10)15(24-13)12-7-8-21-17(20)22-12/h3-8H,9H2,1-2H3,(H,23,24)(H,25,26)(H2,20,21,22). The summed E-state index contributed by atoms with van der Waals surface area (Å²) in [5, 5.41) is 9.36. The van der Waals surface area contributed by atoms with Gasteiger partial charge < -0.3 is 15.8 Å². The van der Waals surface area contributed by atoms with Crippen molar-refractivity contribution >= 4 is 11.9 Å². The molecule has 7 nitrogen and oxygen atoms in total. The summed E-state index contributed by atoms with van der Waals surface area (Å²) in [6.07, 6.45) is 1.71. The molecule has 0 amide bonds. The molecule has 0 bridgehead atoms. The summed E-state index contributed by atoms with van der Waals surface area (Å²) in [4.78, 5) is 27.2. The zero-order valence-electron chi connectivity index (χ0n) is 14.3. The van der Waals surface area contributed by atoms with Crippen molar-refractivity contribution in [3.8, 4) is 22.6 Å². The molecular weight excluding hydrogens is 337 g/mol. The number of hydrogen-bond acceptors (Lipinski definition) is 5. The molecule has 8 heteroatoms. The molecule has 0 aliphatic heterocycles. The van der Waals surface area contributed by atoms with Gasteiger partial charge in [-0.05, 0) is 44.2 Å². The Balaban J connectivity index is 2.11. The molecular formula is C18H18FN5O2. The summed E-state index contributed by atoms with van der Waals surface area (Å²) >= 11 is 0. The highest BCUT2D eigenvalue weighted by atomic mass is 19.1. The fourth-order valence-corrected chi connectivity index (χ4v) is 2.52. The van der Waals surface area contributed by atoms with E-state index >= 15 is 0 Å². The number of benzene rings is 1. The molecule has 0 saturated carbocycles. The van der Waals surface area contributed by atoms with Crippen molar-refractivity contribution in [2.75, 3.05) is 5.73 Å². The van der Waals surface area contributed by atoms with Gasteiger partial charge in [0.1, 0.15) is 11.6 Å². The van der Waals surface area contributed by atoms with Crippen LogP contribution in [0.3, 0.4) is 0 Å². The largest absolute Gasteiger partial charge is 0.481 e. The molecule has 0 saturated heterocycles. The number of nitrogens with two attached hydrogens (primary N) is 1. The molecule has 2 aromatic heterocycles. The summed E-state index contributed by atoms with van der Waals surface area (Å²) in [6, 6.07) is 7.55. The lowest BCUT2D eigenvalue weighted by atomic mass is 9.89. The molecule has 3 rings (SSSR count). The van der Waals surface area contributed by atoms with Crippen LogP contribution >= 0.6 is 0 Å². The van der Waals surface area contributed by atoms with Crippen LogP contribution in [0.15, 0.2) is 36.5 Å². The van der Waals surface area contributed by atoms with E-state index in [0.717, 1.165) is 0 Å². The van der Waals surface area contributed by atoms with Crippen molar-refractivity contribution in [3.05, 3.63) is 48.2 Å². The molecule has 3 aromatic rings. The number of nitrogen functional groups attached to an aromatic ring is 1. The Morgan fingerprint density at radius 1 is 1.23 bits per heavy atom. The van der Waals surface area contributed by atoms with Gasteiger partial charge in [0.05, 0.1) is 22.5 Å². The molecule has 1 aromatic carbocycles. The van der Waals surface area contributed by atoms with Crippen LogP contribution < -0.4 is 5.73 Å². The Morgan fingerprint density at radius 2 is 1.92 bits per heavy atom. The minimum Gasteiger partial charge on any atom is -0.481 e. The molecule has 0 aliphatic carbocycles. The van der Waals surface area contributed by atoms with E-state index in [0.29, 0.717) is 28.5 Å². The average molecular weight is 355 g/mol. The average Bonchev–Trinajstić information content (AvgIpc) is 2.98.